The number of sulfonamides is 1. The SMILES string of the molecule is CC(=O)c1ccc(S(=O)(=O)N2CCC(C)C2)cc1. The minimum atomic E-state index is -3.39. The van der Waals surface area contributed by atoms with Crippen LogP contribution in [-0.4, -0.2) is 31.6 Å². The molecule has 4 nitrogen and oxygen atoms in total. The van der Waals surface area contributed by atoms with E-state index in [4.69, 9.17) is 0 Å². The Bertz CT molecular complexity index is 548. The molecule has 0 amide bonds. The van der Waals surface area contributed by atoms with Crippen LogP contribution in [0.1, 0.15) is 30.6 Å². The van der Waals surface area contributed by atoms with Gasteiger partial charge in [-0.05, 0) is 31.4 Å². The summed E-state index contributed by atoms with van der Waals surface area (Å²) in [6.07, 6.45) is 0.907. The van der Waals surface area contributed by atoms with Crippen LogP contribution >= 0.6 is 0 Å². The highest BCUT2D eigenvalue weighted by atomic mass is 32.2. The molecule has 1 heterocycles. The number of benzene rings is 1. The Labute approximate surface area is 108 Å². The van der Waals surface area contributed by atoms with Crippen LogP contribution in [0.3, 0.4) is 0 Å². The molecule has 0 bridgehead atoms. The number of ketones is 1. The van der Waals surface area contributed by atoms with Gasteiger partial charge in [-0.3, -0.25) is 4.79 Å². The summed E-state index contributed by atoms with van der Waals surface area (Å²) >= 11 is 0. The monoisotopic (exact) mass is 267 g/mol. The number of carbonyl (C=O) groups is 1. The Morgan fingerprint density at radius 3 is 2.33 bits per heavy atom. The fourth-order valence-corrected chi connectivity index (χ4v) is 3.70. The summed E-state index contributed by atoms with van der Waals surface area (Å²) in [5.41, 5.74) is 0.531. The van der Waals surface area contributed by atoms with Crippen molar-refractivity contribution < 1.29 is 13.2 Å². The fraction of sp³-hybridized carbons (Fsp3) is 0.462. The lowest BCUT2D eigenvalue weighted by atomic mass is 10.2. The van der Waals surface area contributed by atoms with E-state index in [1.807, 2.05) is 6.92 Å². The van der Waals surface area contributed by atoms with Crippen LogP contribution in [0.4, 0.5) is 0 Å². The minimum Gasteiger partial charge on any atom is -0.295 e. The van der Waals surface area contributed by atoms with E-state index < -0.39 is 10.0 Å². The van der Waals surface area contributed by atoms with E-state index in [9.17, 15) is 13.2 Å². The molecule has 2 rings (SSSR count). The molecule has 0 saturated carbocycles. The van der Waals surface area contributed by atoms with Gasteiger partial charge in [-0.2, -0.15) is 4.31 Å². The third kappa shape index (κ3) is 2.47. The van der Waals surface area contributed by atoms with E-state index >= 15 is 0 Å². The molecule has 1 aromatic rings. The lowest BCUT2D eigenvalue weighted by Crippen LogP contribution is -2.28. The van der Waals surface area contributed by atoms with Gasteiger partial charge in [-0.15, -0.1) is 0 Å². The molecule has 0 aromatic heterocycles. The van der Waals surface area contributed by atoms with E-state index in [-0.39, 0.29) is 10.7 Å². The highest BCUT2D eigenvalue weighted by molar-refractivity contribution is 7.89. The molecule has 1 unspecified atom stereocenters. The zero-order valence-electron chi connectivity index (χ0n) is 10.6. The van der Waals surface area contributed by atoms with Gasteiger partial charge < -0.3 is 0 Å². The maximum absolute atomic E-state index is 12.3. The molecule has 18 heavy (non-hydrogen) atoms. The molecule has 1 aliphatic rings. The zero-order chi connectivity index (χ0) is 13.3. The lowest BCUT2D eigenvalue weighted by Gasteiger charge is -2.16. The number of hydrogen-bond acceptors (Lipinski definition) is 3. The third-order valence-corrected chi connectivity index (χ3v) is 5.16. The van der Waals surface area contributed by atoms with Crippen molar-refractivity contribution in [3.63, 3.8) is 0 Å². The summed E-state index contributed by atoms with van der Waals surface area (Å²) in [4.78, 5) is 11.4. The molecular weight excluding hydrogens is 250 g/mol. The Morgan fingerprint density at radius 2 is 1.89 bits per heavy atom. The van der Waals surface area contributed by atoms with Crippen LogP contribution in [0.2, 0.25) is 0 Å². The standard InChI is InChI=1S/C13H17NO3S/c1-10-7-8-14(9-10)18(16,17)13-5-3-12(4-6-13)11(2)15/h3-6,10H,7-9H2,1-2H3. The summed E-state index contributed by atoms with van der Waals surface area (Å²) < 4.78 is 26.1. The van der Waals surface area contributed by atoms with Gasteiger partial charge in [0.05, 0.1) is 4.90 Å². The van der Waals surface area contributed by atoms with Gasteiger partial charge in [-0.25, -0.2) is 8.42 Å². The normalized spacial score (nSPS) is 21.1. The van der Waals surface area contributed by atoms with Crippen molar-refractivity contribution in [2.24, 2.45) is 5.92 Å². The van der Waals surface area contributed by atoms with Gasteiger partial charge in [0.1, 0.15) is 0 Å². The number of Topliss-reactive ketones (excluding diaryl/α,β-unsaturated/α-hetero) is 1. The second-order valence-corrected chi connectivity index (χ2v) is 6.78. The summed E-state index contributed by atoms with van der Waals surface area (Å²) in [7, 11) is -3.39. The smallest absolute Gasteiger partial charge is 0.243 e. The lowest BCUT2D eigenvalue weighted by molar-refractivity contribution is 0.101. The highest BCUT2D eigenvalue weighted by Gasteiger charge is 2.30. The number of nitrogens with zero attached hydrogens (tertiary/aromatic N) is 1. The van der Waals surface area contributed by atoms with E-state index in [1.165, 1.54) is 23.4 Å². The first kappa shape index (κ1) is 13.2. The molecule has 1 fully saturated rings. The van der Waals surface area contributed by atoms with Crippen LogP contribution in [0, 0.1) is 5.92 Å². The van der Waals surface area contributed by atoms with Gasteiger partial charge in [0.15, 0.2) is 5.78 Å². The zero-order valence-corrected chi connectivity index (χ0v) is 11.4. The van der Waals surface area contributed by atoms with Gasteiger partial charge >= 0.3 is 0 Å². The second kappa shape index (κ2) is 4.82. The quantitative estimate of drug-likeness (QED) is 0.786. The summed E-state index contributed by atoms with van der Waals surface area (Å²) in [6, 6.07) is 6.15. The van der Waals surface area contributed by atoms with Crippen molar-refractivity contribution in [3.8, 4) is 0 Å². The fourth-order valence-electron chi connectivity index (χ4n) is 2.12. The Balaban J connectivity index is 2.27. The molecule has 1 saturated heterocycles. The van der Waals surface area contributed by atoms with Crippen molar-refractivity contribution in [2.45, 2.75) is 25.2 Å². The van der Waals surface area contributed by atoms with Crippen LogP contribution in [0.5, 0.6) is 0 Å². The van der Waals surface area contributed by atoms with Crippen LogP contribution < -0.4 is 0 Å². The topological polar surface area (TPSA) is 54.5 Å². The van der Waals surface area contributed by atoms with Crippen LogP contribution in [-0.2, 0) is 10.0 Å². The minimum absolute atomic E-state index is 0.0613. The molecule has 0 N–H and O–H groups in total. The van der Waals surface area contributed by atoms with E-state index in [1.54, 1.807) is 12.1 Å². The predicted octanol–water partition coefficient (Wildman–Crippen LogP) is 1.92. The molecule has 1 atom stereocenters. The first-order valence-electron chi connectivity index (χ1n) is 6.02. The Hall–Kier alpha value is -1.20. The largest absolute Gasteiger partial charge is 0.295 e. The first-order chi connectivity index (χ1) is 8.41. The van der Waals surface area contributed by atoms with Crippen LogP contribution in [0.15, 0.2) is 29.2 Å². The average molecular weight is 267 g/mol. The van der Waals surface area contributed by atoms with Crippen molar-refractivity contribution in [1.82, 2.24) is 4.31 Å². The summed E-state index contributed by atoms with van der Waals surface area (Å²) in [5, 5.41) is 0. The van der Waals surface area contributed by atoms with E-state index in [0.29, 0.717) is 24.6 Å². The highest BCUT2D eigenvalue weighted by Crippen LogP contribution is 2.24. The molecule has 98 valence electrons. The maximum Gasteiger partial charge on any atom is 0.243 e. The van der Waals surface area contributed by atoms with E-state index in [0.717, 1.165) is 6.42 Å². The number of carbonyl (C=O) groups excluding carboxylic acids is 1. The molecule has 1 aliphatic heterocycles. The van der Waals surface area contributed by atoms with Gasteiger partial charge in [-0.1, -0.05) is 19.1 Å². The second-order valence-electron chi connectivity index (χ2n) is 4.84. The molecule has 0 radical (unpaired) electrons. The summed E-state index contributed by atoms with van der Waals surface area (Å²) in [5.74, 6) is 0.352. The Morgan fingerprint density at radius 1 is 1.28 bits per heavy atom. The number of hydrogen-bond donors (Lipinski definition) is 0. The molecular formula is C13H17NO3S. The number of rotatable bonds is 3. The molecule has 1 aromatic carbocycles. The molecule has 0 aliphatic carbocycles. The third-order valence-electron chi connectivity index (χ3n) is 3.29. The van der Waals surface area contributed by atoms with Gasteiger partial charge in [0.2, 0.25) is 10.0 Å². The maximum atomic E-state index is 12.3. The molecule has 0 spiro atoms. The predicted molar refractivity (Wildman–Crippen MR) is 69.0 cm³/mol. The molecule has 5 heteroatoms. The van der Waals surface area contributed by atoms with Crippen molar-refractivity contribution in [2.75, 3.05) is 13.1 Å². The van der Waals surface area contributed by atoms with Gasteiger partial charge in [0.25, 0.3) is 0 Å². The average Bonchev–Trinajstić information content (AvgIpc) is 2.76. The Kier molecular flexibility index (Phi) is 3.54. The first-order valence-corrected chi connectivity index (χ1v) is 7.46. The van der Waals surface area contributed by atoms with Crippen molar-refractivity contribution >= 4 is 15.8 Å². The van der Waals surface area contributed by atoms with Gasteiger partial charge in [0, 0.05) is 18.7 Å². The summed E-state index contributed by atoms with van der Waals surface area (Å²) in [6.45, 7) is 4.68. The van der Waals surface area contributed by atoms with Crippen LogP contribution in [0.25, 0.3) is 0 Å². The van der Waals surface area contributed by atoms with Crippen molar-refractivity contribution in [3.05, 3.63) is 29.8 Å². The van der Waals surface area contributed by atoms with Crippen molar-refractivity contribution in [1.29, 1.82) is 0 Å². The van der Waals surface area contributed by atoms with E-state index in [2.05, 4.69) is 0 Å².